The fourth-order valence-electron chi connectivity index (χ4n) is 1.61. The molecule has 0 aliphatic heterocycles. The quantitative estimate of drug-likeness (QED) is 0.573. The summed E-state index contributed by atoms with van der Waals surface area (Å²) in [6.07, 6.45) is 0.0691. The van der Waals surface area contributed by atoms with E-state index in [0.717, 1.165) is 5.56 Å². The number of ether oxygens (including phenoxy) is 2. The Hall–Kier alpha value is -1.35. The van der Waals surface area contributed by atoms with Crippen LogP contribution >= 0.6 is 0 Å². The molecular weight excluding hydrogens is 228 g/mol. The zero-order chi connectivity index (χ0) is 13.5. The molecule has 0 aliphatic rings. The van der Waals surface area contributed by atoms with Gasteiger partial charge < -0.3 is 9.47 Å². The highest BCUT2D eigenvalue weighted by Crippen LogP contribution is 2.24. The summed E-state index contributed by atoms with van der Waals surface area (Å²) in [7, 11) is 0. The van der Waals surface area contributed by atoms with Crippen molar-refractivity contribution < 1.29 is 14.3 Å². The molecule has 1 aromatic carbocycles. The molecule has 0 fully saturated rings. The van der Waals surface area contributed by atoms with E-state index in [1.165, 1.54) is 0 Å². The largest absolute Gasteiger partial charge is 0.438 e. The normalized spacial score (nSPS) is 14.3. The highest BCUT2D eigenvalue weighted by molar-refractivity contribution is 5.73. The van der Waals surface area contributed by atoms with E-state index in [1.54, 1.807) is 0 Å². The first-order valence-electron chi connectivity index (χ1n) is 6.35. The van der Waals surface area contributed by atoms with Gasteiger partial charge >= 0.3 is 5.97 Å². The van der Waals surface area contributed by atoms with Gasteiger partial charge in [-0.2, -0.15) is 0 Å². The van der Waals surface area contributed by atoms with Crippen LogP contribution in [0.25, 0.3) is 0 Å². The first-order chi connectivity index (χ1) is 8.52. The minimum Gasteiger partial charge on any atom is -0.438 e. The van der Waals surface area contributed by atoms with Gasteiger partial charge in [-0.25, -0.2) is 0 Å². The van der Waals surface area contributed by atoms with Gasteiger partial charge in [-0.1, -0.05) is 44.2 Å². The van der Waals surface area contributed by atoms with Crippen LogP contribution in [0.2, 0.25) is 0 Å². The molecule has 18 heavy (non-hydrogen) atoms. The van der Waals surface area contributed by atoms with E-state index < -0.39 is 0 Å². The Morgan fingerprint density at radius 3 is 2.28 bits per heavy atom. The van der Waals surface area contributed by atoms with Crippen molar-refractivity contribution in [1.29, 1.82) is 0 Å². The maximum absolute atomic E-state index is 11.8. The molecule has 0 bridgehead atoms. The molecule has 1 rings (SSSR count). The highest BCUT2D eigenvalue weighted by atomic mass is 16.7. The third-order valence-corrected chi connectivity index (χ3v) is 3.05. The lowest BCUT2D eigenvalue weighted by Gasteiger charge is -2.19. The average molecular weight is 250 g/mol. The number of rotatable bonds is 6. The number of carbonyl (C=O) groups excluding carboxylic acids is 1. The van der Waals surface area contributed by atoms with E-state index in [9.17, 15) is 4.79 Å². The van der Waals surface area contributed by atoms with E-state index in [0.29, 0.717) is 0 Å². The summed E-state index contributed by atoms with van der Waals surface area (Å²) in [6, 6.07) is 9.98. The number of benzene rings is 1. The molecule has 0 spiro atoms. The van der Waals surface area contributed by atoms with Gasteiger partial charge in [-0.3, -0.25) is 4.79 Å². The van der Waals surface area contributed by atoms with Gasteiger partial charge in [0.05, 0.1) is 12.0 Å². The molecule has 0 saturated heterocycles. The van der Waals surface area contributed by atoms with E-state index in [4.69, 9.17) is 9.47 Å². The van der Waals surface area contributed by atoms with Crippen molar-refractivity contribution in [1.82, 2.24) is 0 Å². The topological polar surface area (TPSA) is 35.5 Å². The van der Waals surface area contributed by atoms with Crippen molar-refractivity contribution in [3.8, 4) is 0 Å². The van der Waals surface area contributed by atoms with Gasteiger partial charge in [-0.15, -0.1) is 0 Å². The minimum atomic E-state index is -0.216. The molecule has 2 atom stereocenters. The van der Waals surface area contributed by atoms with Crippen LogP contribution in [0, 0.1) is 5.92 Å². The first kappa shape index (κ1) is 14.7. The molecule has 0 heterocycles. The molecule has 0 amide bonds. The van der Waals surface area contributed by atoms with Crippen LogP contribution in [-0.4, -0.2) is 18.9 Å². The fraction of sp³-hybridized carbons (Fsp3) is 0.533. The number of esters is 1. The van der Waals surface area contributed by atoms with E-state index >= 15 is 0 Å². The lowest BCUT2D eigenvalue weighted by molar-refractivity contribution is -0.164. The van der Waals surface area contributed by atoms with Gasteiger partial charge in [0.1, 0.15) is 0 Å². The zero-order valence-corrected chi connectivity index (χ0v) is 11.6. The first-order valence-corrected chi connectivity index (χ1v) is 6.35. The summed E-state index contributed by atoms with van der Waals surface area (Å²) < 4.78 is 10.3. The average Bonchev–Trinajstić information content (AvgIpc) is 2.37. The molecule has 0 saturated carbocycles. The number of hydrogen-bond acceptors (Lipinski definition) is 3. The molecule has 2 unspecified atom stereocenters. The molecule has 0 radical (unpaired) electrons. The van der Waals surface area contributed by atoms with Crippen molar-refractivity contribution in [3.63, 3.8) is 0 Å². The molecule has 0 aliphatic carbocycles. The smallest absolute Gasteiger partial charge is 0.311 e. The molecule has 3 nitrogen and oxygen atoms in total. The highest BCUT2D eigenvalue weighted by Gasteiger charge is 2.22. The monoisotopic (exact) mass is 250 g/mol. The van der Waals surface area contributed by atoms with E-state index in [-0.39, 0.29) is 30.7 Å². The van der Waals surface area contributed by atoms with Crippen LogP contribution in [0.1, 0.15) is 39.2 Å². The standard InChI is InChI=1S/C15H22O3/c1-11(2)17-10-18-15(16)13(4)12(3)14-8-6-5-7-9-14/h5-9,11-13H,10H2,1-4H3. The van der Waals surface area contributed by atoms with Gasteiger partial charge in [0.15, 0.2) is 6.79 Å². The maximum Gasteiger partial charge on any atom is 0.311 e. The Balaban J connectivity index is 2.48. The number of carbonyl (C=O) groups is 1. The van der Waals surface area contributed by atoms with Crippen LogP contribution in [0.4, 0.5) is 0 Å². The minimum absolute atomic E-state index is 0.0301. The molecule has 0 aromatic heterocycles. The molecule has 0 N–H and O–H groups in total. The second kappa shape index (κ2) is 7.17. The summed E-state index contributed by atoms with van der Waals surface area (Å²) in [6.45, 7) is 7.76. The Bertz CT molecular complexity index is 359. The predicted molar refractivity (Wildman–Crippen MR) is 71.2 cm³/mol. The van der Waals surface area contributed by atoms with Crippen LogP contribution in [0.15, 0.2) is 30.3 Å². The Kier molecular flexibility index (Phi) is 5.86. The summed E-state index contributed by atoms with van der Waals surface area (Å²) in [5.74, 6) is -0.257. The lowest BCUT2D eigenvalue weighted by atomic mass is 9.89. The Morgan fingerprint density at radius 1 is 1.11 bits per heavy atom. The van der Waals surface area contributed by atoms with Gasteiger partial charge in [-0.05, 0) is 25.3 Å². The summed E-state index contributed by atoms with van der Waals surface area (Å²) in [5.41, 5.74) is 1.15. The molecular formula is C15H22O3. The third-order valence-electron chi connectivity index (χ3n) is 3.05. The van der Waals surface area contributed by atoms with Crippen LogP contribution < -0.4 is 0 Å². The molecule has 100 valence electrons. The van der Waals surface area contributed by atoms with Crippen molar-refractivity contribution in [2.45, 2.75) is 39.7 Å². The predicted octanol–water partition coefficient (Wildman–Crippen LogP) is 3.35. The van der Waals surface area contributed by atoms with Crippen molar-refractivity contribution in [2.75, 3.05) is 6.79 Å². The second-order valence-electron chi connectivity index (χ2n) is 4.78. The summed E-state index contributed by atoms with van der Waals surface area (Å²) in [5, 5.41) is 0. The fourth-order valence-corrected chi connectivity index (χ4v) is 1.61. The molecule has 3 heteroatoms. The summed E-state index contributed by atoms with van der Waals surface area (Å²) in [4.78, 5) is 11.8. The maximum atomic E-state index is 11.8. The van der Waals surface area contributed by atoms with Gasteiger partial charge in [0.2, 0.25) is 0 Å². The van der Waals surface area contributed by atoms with E-state index in [2.05, 4.69) is 0 Å². The van der Waals surface area contributed by atoms with Gasteiger partial charge in [0, 0.05) is 0 Å². The Morgan fingerprint density at radius 2 is 1.72 bits per heavy atom. The van der Waals surface area contributed by atoms with Gasteiger partial charge in [0.25, 0.3) is 0 Å². The zero-order valence-electron chi connectivity index (χ0n) is 11.6. The molecule has 1 aromatic rings. The Labute approximate surface area is 109 Å². The van der Waals surface area contributed by atoms with Crippen LogP contribution in [0.3, 0.4) is 0 Å². The third kappa shape index (κ3) is 4.49. The lowest BCUT2D eigenvalue weighted by Crippen LogP contribution is -2.22. The van der Waals surface area contributed by atoms with Crippen molar-refractivity contribution in [2.24, 2.45) is 5.92 Å². The van der Waals surface area contributed by atoms with Crippen LogP contribution in [-0.2, 0) is 14.3 Å². The second-order valence-corrected chi connectivity index (χ2v) is 4.78. The van der Waals surface area contributed by atoms with Crippen molar-refractivity contribution in [3.05, 3.63) is 35.9 Å². The summed E-state index contributed by atoms with van der Waals surface area (Å²) >= 11 is 0. The number of hydrogen-bond donors (Lipinski definition) is 0. The van der Waals surface area contributed by atoms with Crippen LogP contribution in [0.5, 0.6) is 0 Å². The van der Waals surface area contributed by atoms with Crippen molar-refractivity contribution >= 4 is 5.97 Å². The SMILES string of the molecule is CC(C)OCOC(=O)C(C)C(C)c1ccccc1. The van der Waals surface area contributed by atoms with E-state index in [1.807, 2.05) is 58.0 Å².